The summed E-state index contributed by atoms with van der Waals surface area (Å²) < 4.78 is 5.27. The number of esters is 1. The Kier molecular flexibility index (Phi) is 6.21. The summed E-state index contributed by atoms with van der Waals surface area (Å²) in [5, 5.41) is 0.667. The molecule has 0 atom stereocenters. The van der Waals surface area contributed by atoms with Crippen molar-refractivity contribution in [2.75, 3.05) is 13.7 Å². The van der Waals surface area contributed by atoms with Crippen LogP contribution in [0, 0.1) is 12.8 Å². The SMILES string of the molecule is Cc1nc(-c2ccccn2)sc1C(=O)OCC(=O)N(C)C1CCC(C)CC1. The quantitative estimate of drug-likeness (QED) is 0.732. The molecule has 0 bridgehead atoms. The smallest absolute Gasteiger partial charge is 0.350 e. The molecule has 27 heavy (non-hydrogen) atoms. The van der Waals surface area contributed by atoms with Gasteiger partial charge in [0.15, 0.2) is 6.61 Å². The number of pyridine rings is 1. The Morgan fingerprint density at radius 1 is 1.26 bits per heavy atom. The van der Waals surface area contributed by atoms with Crippen LogP contribution in [-0.4, -0.2) is 46.4 Å². The van der Waals surface area contributed by atoms with E-state index in [0.717, 1.165) is 31.6 Å². The highest BCUT2D eigenvalue weighted by Gasteiger charge is 2.26. The van der Waals surface area contributed by atoms with Gasteiger partial charge in [0.25, 0.3) is 5.91 Å². The largest absolute Gasteiger partial charge is 0.451 e. The standard InChI is InChI=1S/C20H25N3O3S/c1-13-7-9-15(10-8-13)23(3)17(24)12-26-20(25)18-14(2)22-19(27-18)16-6-4-5-11-21-16/h4-6,11,13,15H,7-10,12H2,1-3H3. The molecule has 0 unspecified atom stereocenters. The third-order valence-corrected chi connectivity index (χ3v) is 6.28. The number of thiazole rings is 1. The lowest BCUT2D eigenvalue weighted by atomic mass is 9.87. The third-order valence-electron chi connectivity index (χ3n) is 5.12. The number of hydrogen-bond donors (Lipinski definition) is 0. The molecule has 6 nitrogen and oxygen atoms in total. The number of aromatic nitrogens is 2. The zero-order valence-electron chi connectivity index (χ0n) is 16.0. The summed E-state index contributed by atoms with van der Waals surface area (Å²) in [7, 11) is 1.80. The zero-order valence-corrected chi connectivity index (χ0v) is 16.8. The van der Waals surface area contributed by atoms with Crippen LogP contribution < -0.4 is 0 Å². The summed E-state index contributed by atoms with van der Waals surface area (Å²) >= 11 is 1.24. The van der Waals surface area contributed by atoms with Crippen molar-refractivity contribution < 1.29 is 14.3 Å². The van der Waals surface area contributed by atoms with E-state index in [1.54, 1.807) is 25.1 Å². The van der Waals surface area contributed by atoms with Crippen molar-refractivity contribution >= 4 is 23.2 Å². The minimum atomic E-state index is -0.508. The Bertz CT molecular complexity index is 798. The molecule has 0 N–H and O–H groups in total. The van der Waals surface area contributed by atoms with Gasteiger partial charge in [-0.3, -0.25) is 9.78 Å². The molecule has 7 heteroatoms. The topological polar surface area (TPSA) is 72.4 Å². The summed E-state index contributed by atoms with van der Waals surface area (Å²) in [6, 6.07) is 5.79. The minimum Gasteiger partial charge on any atom is -0.451 e. The van der Waals surface area contributed by atoms with Gasteiger partial charge in [0.1, 0.15) is 9.88 Å². The molecule has 1 fully saturated rings. The number of aryl methyl sites for hydroxylation is 1. The number of amides is 1. The summed E-state index contributed by atoms with van der Waals surface area (Å²) in [5.41, 5.74) is 1.31. The first kappa shape index (κ1) is 19.5. The second-order valence-electron chi connectivity index (χ2n) is 7.14. The van der Waals surface area contributed by atoms with Crippen LogP contribution in [0.15, 0.2) is 24.4 Å². The highest BCUT2D eigenvalue weighted by atomic mass is 32.1. The molecule has 1 aliphatic carbocycles. The molecule has 0 saturated heterocycles. The molecule has 1 aliphatic rings. The number of carbonyl (C=O) groups is 2. The van der Waals surface area contributed by atoms with E-state index in [9.17, 15) is 9.59 Å². The lowest BCUT2D eigenvalue weighted by molar-refractivity contribution is -0.136. The maximum Gasteiger partial charge on any atom is 0.350 e. The van der Waals surface area contributed by atoms with Crippen molar-refractivity contribution in [2.24, 2.45) is 5.92 Å². The van der Waals surface area contributed by atoms with Gasteiger partial charge in [0.05, 0.1) is 11.4 Å². The summed E-state index contributed by atoms with van der Waals surface area (Å²) in [5.74, 6) is 0.0615. The summed E-state index contributed by atoms with van der Waals surface area (Å²) in [6.07, 6.45) is 5.99. The lowest BCUT2D eigenvalue weighted by Gasteiger charge is -2.33. The van der Waals surface area contributed by atoms with Crippen molar-refractivity contribution in [1.82, 2.24) is 14.9 Å². The van der Waals surface area contributed by atoms with E-state index >= 15 is 0 Å². The molecule has 2 heterocycles. The van der Waals surface area contributed by atoms with Gasteiger partial charge in [-0.05, 0) is 50.7 Å². The minimum absolute atomic E-state index is 0.157. The average Bonchev–Trinajstić information content (AvgIpc) is 3.08. The van der Waals surface area contributed by atoms with Gasteiger partial charge in [-0.15, -0.1) is 11.3 Å². The van der Waals surface area contributed by atoms with E-state index in [1.165, 1.54) is 11.3 Å². The van der Waals surface area contributed by atoms with Gasteiger partial charge in [-0.2, -0.15) is 0 Å². The molecule has 0 radical (unpaired) electrons. The maximum atomic E-state index is 12.4. The van der Waals surface area contributed by atoms with Crippen LogP contribution >= 0.6 is 11.3 Å². The van der Waals surface area contributed by atoms with Gasteiger partial charge in [0, 0.05) is 19.3 Å². The normalized spacial score (nSPS) is 19.5. The Hall–Kier alpha value is -2.28. The molecule has 1 amide bonds. The van der Waals surface area contributed by atoms with Gasteiger partial charge < -0.3 is 9.64 Å². The first-order chi connectivity index (χ1) is 13.0. The van der Waals surface area contributed by atoms with Crippen LogP contribution in [0.4, 0.5) is 0 Å². The third kappa shape index (κ3) is 4.71. The van der Waals surface area contributed by atoms with Crippen LogP contribution in [0.25, 0.3) is 10.7 Å². The highest BCUT2D eigenvalue weighted by molar-refractivity contribution is 7.17. The second-order valence-corrected chi connectivity index (χ2v) is 8.14. The number of hydrogen-bond acceptors (Lipinski definition) is 6. The first-order valence-corrected chi connectivity index (χ1v) is 10.1. The fourth-order valence-corrected chi connectivity index (χ4v) is 4.25. The highest BCUT2D eigenvalue weighted by Crippen LogP contribution is 2.28. The van der Waals surface area contributed by atoms with Crippen molar-refractivity contribution in [2.45, 2.75) is 45.6 Å². The summed E-state index contributed by atoms with van der Waals surface area (Å²) in [4.78, 5) is 35.6. The Morgan fingerprint density at radius 3 is 2.67 bits per heavy atom. The Labute approximate surface area is 163 Å². The Morgan fingerprint density at radius 2 is 2.00 bits per heavy atom. The predicted molar refractivity (Wildman–Crippen MR) is 105 cm³/mol. The van der Waals surface area contributed by atoms with Crippen molar-refractivity contribution in [3.05, 3.63) is 35.0 Å². The molecule has 0 aromatic carbocycles. The average molecular weight is 388 g/mol. The maximum absolute atomic E-state index is 12.4. The van der Waals surface area contributed by atoms with Crippen LogP contribution in [0.5, 0.6) is 0 Å². The fourth-order valence-electron chi connectivity index (χ4n) is 3.31. The van der Waals surface area contributed by atoms with Gasteiger partial charge in [-0.25, -0.2) is 9.78 Å². The van der Waals surface area contributed by atoms with E-state index < -0.39 is 5.97 Å². The lowest BCUT2D eigenvalue weighted by Crippen LogP contribution is -2.41. The monoisotopic (exact) mass is 387 g/mol. The van der Waals surface area contributed by atoms with Crippen molar-refractivity contribution in [1.29, 1.82) is 0 Å². The number of likely N-dealkylation sites (N-methyl/N-ethyl adjacent to an activating group) is 1. The van der Waals surface area contributed by atoms with Gasteiger partial charge >= 0.3 is 5.97 Å². The predicted octanol–water partition coefficient (Wildman–Crippen LogP) is 3.71. The van der Waals surface area contributed by atoms with Crippen LogP contribution in [0.1, 0.15) is 48.0 Å². The van der Waals surface area contributed by atoms with Crippen molar-refractivity contribution in [3.63, 3.8) is 0 Å². The molecule has 0 spiro atoms. The molecule has 2 aromatic heterocycles. The van der Waals surface area contributed by atoms with E-state index in [-0.39, 0.29) is 18.6 Å². The molecular weight excluding hydrogens is 362 g/mol. The fraction of sp³-hybridized carbons (Fsp3) is 0.500. The van der Waals surface area contributed by atoms with E-state index in [2.05, 4.69) is 16.9 Å². The molecule has 0 aliphatic heterocycles. The molecule has 144 valence electrons. The second kappa shape index (κ2) is 8.61. The van der Waals surface area contributed by atoms with Crippen molar-refractivity contribution in [3.8, 4) is 10.7 Å². The molecule has 2 aromatic rings. The van der Waals surface area contributed by atoms with E-state index in [0.29, 0.717) is 21.3 Å². The zero-order chi connectivity index (χ0) is 19.4. The number of nitrogens with zero attached hydrogens (tertiary/aromatic N) is 3. The molecular formula is C20H25N3O3S. The first-order valence-electron chi connectivity index (χ1n) is 9.27. The van der Waals surface area contributed by atoms with E-state index in [1.807, 2.05) is 18.2 Å². The number of ether oxygens (including phenoxy) is 1. The van der Waals surface area contributed by atoms with Gasteiger partial charge in [0.2, 0.25) is 0 Å². The Balaban J connectivity index is 1.58. The van der Waals surface area contributed by atoms with Crippen LogP contribution in [0.2, 0.25) is 0 Å². The van der Waals surface area contributed by atoms with E-state index in [4.69, 9.17) is 4.74 Å². The van der Waals surface area contributed by atoms with Gasteiger partial charge in [-0.1, -0.05) is 13.0 Å². The molecule has 3 rings (SSSR count). The molecule has 1 saturated carbocycles. The van der Waals surface area contributed by atoms with Crippen LogP contribution in [-0.2, 0) is 9.53 Å². The van der Waals surface area contributed by atoms with Crippen LogP contribution in [0.3, 0.4) is 0 Å². The number of rotatable bonds is 5. The number of carbonyl (C=O) groups excluding carboxylic acids is 2. The summed E-state index contributed by atoms with van der Waals surface area (Å²) in [6.45, 7) is 3.77.